The molecule has 0 bridgehead atoms. The third-order valence-corrected chi connectivity index (χ3v) is 2.84. The molecule has 0 amide bonds. The molecule has 0 saturated carbocycles. The molecule has 0 radical (unpaired) electrons. The van der Waals surface area contributed by atoms with Crippen molar-refractivity contribution in [3.05, 3.63) is 69.6 Å². The van der Waals surface area contributed by atoms with Crippen LogP contribution < -0.4 is 5.56 Å². The average Bonchev–Trinajstić information content (AvgIpc) is 2.35. The summed E-state index contributed by atoms with van der Waals surface area (Å²) < 4.78 is 27.3. The molecular formula is C14H13F2NO. The molecule has 2 nitrogen and oxygen atoms in total. The van der Waals surface area contributed by atoms with Gasteiger partial charge in [0.05, 0.1) is 0 Å². The van der Waals surface area contributed by atoms with Crippen LogP contribution in [0.5, 0.6) is 0 Å². The van der Waals surface area contributed by atoms with Crippen LogP contribution in [0.4, 0.5) is 8.78 Å². The summed E-state index contributed by atoms with van der Waals surface area (Å²) in [7, 11) is 0. The van der Waals surface area contributed by atoms with Crippen molar-refractivity contribution >= 4 is 0 Å². The fourth-order valence-corrected chi connectivity index (χ4v) is 1.78. The quantitative estimate of drug-likeness (QED) is 0.819. The number of rotatable bonds is 3. The van der Waals surface area contributed by atoms with Gasteiger partial charge in [0.25, 0.3) is 5.56 Å². The Morgan fingerprint density at radius 1 is 1.17 bits per heavy atom. The summed E-state index contributed by atoms with van der Waals surface area (Å²) in [6.45, 7) is 2.20. The van der Waals surface area contributed by atoms with Gasteiger partial charge in [-0.15, -0.1) is 0 Å². The van der Waals surface area contributed by atoms with Gasteiger partial charge in [-0.1, -0.05) is 12.1 Å². The van der Waals surface area contributed by atoms with E-state index in [1.165, 1.54) is 6.07 Å². The number of aryl methyl sites for hydroxylation is 3. The Morgan fingerprint density at radius 3 is 2.67 bits per heavy atom. The first kappa shape index (κ1) is 12.5. The largest absolute Gasteiger partial charge is 0.315 e. The molecule has 1 aromatic carbocycles. The molecule has 4 heteroatoms. The normalized spacial score (nSPS) is 10.6. The Balaban J connectivity index is 2.14. The predicted octanol–water partition coefficient (Wildman–Crippen LogP) is 2.68. The van der Waals surface area contributed by atoms with Crippen LogP contribution in [0.1, 0.15) is 11.1 Å². The standard InChI is InChI=1S/C14H13F2NO/c1-10-3-2-7-17(14(10)18)8-6-11-4-5-12(15)13(16)9-11/h2-5,7,9H,6,8H2,1H3. The molecule has 2 rings (SSSR count). The number of pyridine rings is 1. The van der Waals surface area contributed by atoms with Crippen molar-refractivity contribution in [2.45, 2.75) is 19.9 Å². The van der Waals surface area contributed by atoms with Crippen molar-refractivity contribution in [1.82, 2.24) is 4.57 Å². The molecule has 2 aromatic rings. The molecule has 0 saturated heterocycles. The second-order valence-corrected chi connectivity index (χ2v) is 4.19. The monoisotopic (exact) mass is 249 g/mol. The van der Waals surface area contributed by atoms with E-state index < -0.39 is 11.6 Å². The van der Waals surface area contributed by atoms with E-state index in [2.05, 4.69) is 0 Å². The summed E-state index contributed by atoms with van der Waals surface area (Å²) in [5, 5.41) is 0. The molecule has 0 fully saturated rings. The van der Waals surface area contributed by atoms with Crippen LogP contribution in [-0.4, -0.2) is 4.57 Å². The van der Waals surface area contributed by atoms with E-state index in [-0.39, 0.29) is 5.56 Å². The molecule has 0 unspecified atom stereocenters. The van der Waals surface area contributed by atoms with Gasteiger partial charge in [0.1, 0.15) is 0 Å². The minimum Gasteiger partial charge on any atom is -0.315 e. The molecule has 0 atom stereocenters. The number of hydrogen-bond acceptors (Lipinski definition) is 1. The Kier molecular flexibility index (Phi) is 3.55. The third kappa shape index (κ3) is 2.64. The van der Waals surface area contributed by atoms with Gasteiger partial charge in [-0.2, -0.15) is 0 Å². The zero-order chi connectivity index (χ0) is 13.1. The minimum absolute atomic E-state index is 0.0555. The zero-order valence-electron chi connectivity index (χ0n) is 9.99. The number of hydrogen-bond donors (Lipinski definition) is 0. The van der Waals surface area contributed by atoms with Crippen LogP contribution >= 0.6 is 0 Å². The number of aromatic nitrogens is 1. The van der Waals surface area contributed by atoms with Gasteiger partial charge in [-0.3, -0.25) is 4.79 Å². The first-order chi connectivity index (χ1) is 8.58. The topological polar surface area (TPSA) is 22.0 Å². The Bertz CT molecular complexity index is 619. The van der Waals surface area contributed by atoms with Crippen molar-refractivity contribution < 1.29 is 8.78 Å². The van der Waals surface area contributed by atoms with E-state index in [9.17, 15) is 13.6 Å². The lowest BCUT2D eigenvalue weighted by atomic mass is 10.1. The molecule has 0 aliphatic rings. The van der Waals surface area contributed by atoms with E-state index in [1.54, 1.807) is 29.8 Å². The Morgan fingerprint density at radius 2 is 1.94 bits per heavy atom. The van der Waals surface area contributed by atoms with Crippen LogP contribution in [0.2, 0.25) is 0 Å². The molecule has 0 aliphatic carbocycles. The fourth-order valence-electron chi connectivity index (χ4n) is 1.78. The molecule has 18 heavy (non-hydrogen) atoms. The number of halogens is 2. The highest BCUT2D eigenvalue weighted by Gasteiger charge is 2.03. The van der Waals surface area contributed by atoms with Gasteiger partial charge in [0.15, 0.2) is 11.6 Å². The van der Waals surface area contributed by atoms with Crippen molar-refractivity contribution in [3.8, 4) is 0 Å². The first-order valence-electron chi connectivity index (χ1n) is 5.68. The van der Waals surface area contributed by atoms with Crippen LogP contribution in [-0.2, 0) is 13.0 Å². The number of nitrogens with zero attached hydrogens (tertiary/aromatic N) is 1. The predicted molar refractivity (Wildman–Crippen MR) is 65.5 cm³/mol. The molecule has 1 aromatic heterocycles. The second-order valence-electron chi connectivity index (χ2n) is 4.19. The first-order valence-corrected chi connectivity index (χ1v) is 5.68. The number of benzene rings is 1. The van der Waals surface area contributed by atoms with E-state index in [0.29, 0.717) is 24.1 Å². The van der Waals surface area contributed by atoms with Gasteiger partial charge in [0.2, 0.25) is 0 Å². The fraction of sp³-hybridized carbons (Fsp3) is 0.214. The van der Waals surface area contributed by atoms with Gasteiger partial charge >= 0.3 is 0 Å². The maximum atomic E-state index is 13.0. The third-order valence-electron chi connectivity index (χ3n) is 2.84. The lowest BCUT2D eigenvalue weighted by molar-refractivity contribution is 0.506. The maximum absolute atomic E-state index is 13.0. The van der Waals surface area contributed by atoms with Crippen molar-refractivity contribution in [2.75, 3.05) is 0 Å². The summed E-state index contributed by atoms with van der Waals surface area (Å²) in [6.07, 6.45) is 2.18. The van der Waals surface area contributed by atoms with Gasteiger partial charge in [-0.25, -0.2) is 8.78 Å². The van der Waals surface area contributed by atoms with Crippen LogP contribution in [0.15, 0.2) is 41.3 Å². The van der Waals surface area contributed by atoms with Crippen molar-refractivity contribution in [2.24, 2.45) is 0 Å². The van der Waals surface area contributed by atoms with Crippen LogP contribution in [0.25, 0.3) is 0 Å². The van der Waals surface area contributed by atoms with E-state index >= 15 is 0 Å². The summed E-state index contributed by atoms with van der Waals surface area (Å²) >= 11 is 0. The minimum atomic E-state index is -0.857. The molecule has 94 valence electrons. The van der Waals surface area contributed by atoms with Crippen molar-refractivity contribution in [3.63, 3.8) is 0 Å². The second kappa shape index (κ2) is 5.12. The molecule has 0 aliphatic heterocycles. The summed E-state index contributed by atoms with van der Waals surface area (Å²) in [5.74, 6) is -1.71. The van der Waals surface area contributed by atoms with Gasteiger partial charge in [0, 0.05) is 18.3 Å². The highest BCUT2D eigenvalue weighted by Crippen LogP contribution is 2.09. The Hall–Kier alpha value is -1.97. The van der Waals surface area contributed by atoms with Crippen molar-refractivity contribution in [1.29, 1.82) is 0 Å². The van der Waals surface area contributed by atoms with Gasteiger partial charge < -0.3 is 4.57 Å². The SMILES string of the molecule is Cc1cccn(CCc2ccc(F)c(F)c2)c1=O. The maximum Gasteiger partial charge on any atom is 0.253 e. The van der Waals surface area contributed by atoms with E-state index in [0.717, 1.165) is 12.1 Å². The highest BCUT2D eigenvalue weighted by molar-refractivity contribution is 5.18. The van der Waals surface area contributed by atoms with E-state index in [4.69, 9.17) is 0 Å². The summed E-state index contributed by atoms with van der Waals surface area (Å²) in [5.41, 5.74) is 1.28. The highest BCUT2D eigenvalue weighted by atomic mass is 19.2. The molecular weight excluding hydrogens is 236 g/mol. The van der Waals surface area contributed by atoms with Gasteiger partial charge in [-0.05, 0) is 37.1 Å². The van der Waals surface area contributed by atoms with Crippen LogP contribution in [0, 0.1) is 18.6 Å². The lowest BCUT2D eigenvalue weighted by Gasteiger charge is -2.06. The zero-order valence-corrected chi connectivity index (χ0v) is 9.99. The Labute approximate surface area is 104 Å². The molecule has 1 heterocycles. The van der Waals surface area contributed by atoms with E-state index in [1.807, 2.05) is 0 Å². The van der Waals surface area contributed by atoms with Crippen LogP contribution in [0.3, 0.4) is 0 Å². The summed E-state index contributed by atoms with van der Waals surface area (Å²) in [4.78, 5) is 11.7. The molecule has 0 spiro atoms. The summed E-state index contributed by atoms with van der Waals surface area (Å²) in [6, 6.07) is 7.33. The average molecular weight is 249 g/mol. The smallest absolute Gasteiger partial charge is 0.253 e. The lowest BCUT2D eigenvalue weighted by Crippen LogP contribution is -2.22. The molecule has 0 N–H and O–H groups in total.